The first kappa shape index (κ1) is 22.6. The summed E-state index contributed by atoms with van der Waals surface area (Å²) in [5.74, 6) is -1.13. The molecule has 1 aromatic heterocycles. The number of nitrogens with zero attached hydrogens (tertiary/aromatic N) is 1. The molecular formula is C20H20ClFN4O4S. The molecule has 0 spiro atoms. The number of amides is 3. The summed E-state index contributed by atoms with van der Waals surface area (Å²) < 4.78 is 42.2. The van der Waals surface area contributed by atoms with Crippen molar-refractivity contribution >= 4 is 50.2 Å². The first-order valence-electron chi connectivity index (χ1n) is 9.17. The summed E-state index contributed by atoms with van der Waals surface area (Å²) in [5, 5.41) is 5.23. The van der Waals surface area contributed by atoms with E-state index in [0.29, 0.717) is 11.2 Å². The maximum atomic E-state index is 14.2. The second-order valence-electron chi connectivity index (χ2n) is 7.09. The SMILES string of the molecule is CC(C)NC(=O)NS(=O)(=O)c1ccc(NC(=O)c2cc3c(F)c(Cl)ccc3n2C)cc1. The van der Waals surface area contributed by atoms with Crippen molar-refractivity contribution in [3.8, 4) is 0 Å². The first-order chi connectivity index (χ1) is 14.5. The maximum Gasteiger partial charge on any atom is 0.328 e. The third-order valence-electron chi connectivity index (χ3n) is 4.42. The highest BCUT2D eigenvalue weighted by Crippen LogP contribution is 2.27. The number of carbonyl (C=O) groups excluding carboxylic acids is 2. The second-order valence-corrected chi connectivity index (χ2v) is 9.18. The van der Waals surface area contributed by atoms with Gasteiger partial charge in [-0.3, -0.25) is 4.79 Å². The van der Waals surface area contributed by atoms with Gasteiger partial charge in [0.15, 0.2) is 5.82 Å². The fourth-order valence-corrected chi connectivity index (χ4v) is 4.03. The van der Waals surface area contributed by atoms with Crippen molar-refractivity contribution in [2.45, 2.75) is 24.8 Å². The smallest absolute Gasteiger partial charge is 0.328 e. The molecule has 0 bridgehead atoms. The average Bonchev–Trinajstić information content (AvgIpc) is 3.01. The minimum atomic E-state index is -4.07. The normalized spacial score (nSPS) is 11.5. The molecule has 8 nitrogen and oxygen atoms in total. The Hall–Kier alpha value is -3.11. The van der Waals surface area contributed by atoms with E-state index in [2.05, 4.69) is 10.6 Å². The van der Waals surface area contributed by atoms with E-state index in [9.17, 15) is 22.4 Å². The molecule has 0 aliphatic heterocycles. The van der Waals surface area contributed by atoms with Crippen molar-refractivity contribution in [3.63, 3.8) is 0 Å². The van der Waals surface area contributed by atoms with Crippen LogP contribution in [0.15, 0.2) is 47.4 Å². The molecule has 0 aliphatic rings. The van der Waals surface area contributed by atoms with Crippen LogP contribution in [0, 0.1) is 5.82 Å². The number of halogens is 2. The summed E-state index contributed by atoms with van der Waals surface area (Å²) in [4.78, 5) is 24.2. The van der Waals surface area contributed by atoms with E-state index in [0.717, 1.165) is 0 Å². The van der Waals surface area contributed by atoms with Crippen LogP contribution in [0.3, 0.4) is 0 Å². The van der Waals surface area contributed by atoms with Crippen LogP contribution in [0.25, 0.3) is 10.9 Å². The fourth-order valence-electron chi connectivity index (χ4n) is 2.95. The minimum absolute atomic E-state index is 0.0439. The van der Waals surface area contributed by atoms with Gasteiger partial charge in [0, 0.05) is 24.2 Å². The van der Waals surface area contributed by atoms with E-state index in [-0.39, 0.29) is 27.0 Å². The van der Waals surface area contributed by atoms with Crippen LogP contribution < -0.4 is 15.4 Å². The number of fused-ring (bicyclic) bond motifs is 1. The third-order valence-corrected chi connectivity index (χ3v) is 6.05. The Balaban J connectivity index is 1.78. The van der Waals surface area contributed by atoms with Crippen LogP contribution in [-0.2, 0) is 17.1 Å². The zero-order chi connectivity index (χ0) is 22.9. The topological polar surface area (TPSA) is 109 Å². The molecule has 1 heterocycles. The third kappa shape index (κ3) is 4.80. The van der Waals surface area contributed by atoms with Gasteiger partial charge in [0.2, 0.25) is 0 Å². The van der Waals surface area contributed by atoms with Gasteiger partial charge in [-0.15, -0.1) is 0 Å². The number of rotatable bonds is 5. The number of anilines is 1. The minimum Gasteiger partial charge on any atom is -0.340 e. The average molecular weight is 467 g/mol. The molecule has 0 saturated carbocycles. The number of benzene rings is 2. The van der Waals surface area contributed by atoms with E-state index in [1.165, 1.54) is 41.0 Å². The number of sulfonamides is 1. The summed E-state index contributed by atoms with van der Waals surface area (Å²) in [6, 6.07) is 8.61. The number of hydrogen-bond donors (Lipinski definition) is 3. The molecule has 0 unspecified atom stereocenters. The number of hydrogen-bond acceptors (Lipinski definition) is 4. The fraction of sp³-hybridized carbons (Fsp3) is 0.200. The highest BCUT2D eigenvalue weighted by molar-refractivity contribution is 7.90. The van der Waals surface area contributed by atoms with Crippen molar-refractivity contribution in [1.29, 1.82) is 0 Å². The Bertz CT molecular complexity index is 1270. The molecule has 0 fully saturated rings. The summed E-state index contributed by atoms with van der Waals surface area (Å²) in [6.45, 7) is 3.39. The van der Waals surface area contributed by atoms with Gasteiger partial charge < -0.3 is 15.2 Å². The maximum absolute atomic E-state index is 14.2. The molecular weight excluding hydrogens is 447 g/mol. The van der Waals surface area contributed by atoms with Gasteiger partial charge in [-0.2, -0.15) is 0 Å². The Morgan fingerprint density at radius 1 is 1.10 bits per heavy atom. The van der Waals surface area contributed by atoms with Gasteiger partial charge in [0.05, 0.1) is 15.4 Å². The monoisotopic (exact) mass is 466 g/mol. The molecule has 0 aliphatic carbocycles. The van der Waals surface area contributed by atoms with Crippen LogP contribution in [0.4, 0.5) is 14.9 Å². The lowest BCUT2D eigenvalue weighted by Crippen LogP contribution is -2.42. The van der Waals surface area contributed by atoms with E-state index < -0.39 is 27.8 Å². The molecule has 0 radical (unpaired) electrons. The van der Waals surface area contributed by atoms with Crippen molar-refractivity contribution in [1.82, 2.24) is 14.6 Å². The number of aryl methyl sites for hydroxylation is 1. The van der Waals surface area contributed by atoms with Gasteiger partial charge >= 0.3 is 6.03 Å². The van der Waals surface area contributed by atoms with Crippen molar-refractivity contribution in [2.75, 3.05) is 5.32 Å². The van der Waals surface area contributed by atoms with Crippen molar-refractivity contribution in [2.24, 2.45) is 7.05 Å². The summed E-state index contributed by atoms with van der Waals surface area (Å²) in [5.41, 5.74) is 1.01. The van der Waals surface area contributed by atoms with Crippen molar-refractivity contribution < 1.29 is 22.4 Å². The second kappa shape index (κ2) is 8.56. The van der Waals surface area contributed by atoms with E-state index in [1.807, 2.05) is 4.72 Å². The van der Waals surface area contributed by atoms with Crippen LogP contribution in [0.2, 0.25) is 5.02 Å². The van der Waals surface area contributed by atoms with Gasteiger partial charge in [-0.25, -0.2) is 22.3 Å². The molecule has 3 N–H and O–H groups in total. The van der Waals surface area contributed by atoms with Crippen LogP contribution in [0.1, 0.15) is 24.3 Å². The largest absolute Gasteiger partial charge is 0.340 e. The Morgan fingerprint density at radius 3 is 2.35 bits per heavy atom. The molecule has 3 rings (SSSR count). The van der Waals surface area contributed by atoms with Crippen molar-refractivity contribution in [3.05, 3.63) is 59.0 Å². The van der Waals surface area contributed by atoms with Crippen LogP contribution >= 0.6 is 11.6 Å². The zero-order valence-electron chi connectivity index (χ0n) is 16.9. The number of aromatic nitrogens is 1. The lowest BCUT2D eigenvalue weighted by atomic mass is 10.2. The Labute approximate surface area is 183 Å². The van der Waals surface area contributed by atoms with Gasteiger partial charge in [0.25, 0.3) is 15.9 Å². The van der Waals surface area contributed by atoms with Crippen LogP contribution in [0.5, 0.6) is 0 Å². The zero-order valence-corrected chi connectivity index (χ0v) is 18.4. The molecule has 3 amide bonds. The molecule has 0 saturated heterocycles. The quantitative estimate of drug-likeness (QED) is 0.533. The predicted octanol–water partition coefficient (Wildman–Crippen LogP) is 3.62. The first-order valence-corrected chi connectivity index (χ1v) is 11.0. The molecule has 3 aromatic rings. The van der Waals surface area contributed by atoms with Gasteiger partial charge in [-0.1, -0.05) is 11.6 Å². The molecule has 164 valence electrons. The van der Waals surface area contributed by atoms with E-state index in [4.69, 9.17) is 11.6 Å². The predicted molar refractivity (Wildman–Crippen MR) is 116 cm³/mol. The highest BCUT2D eigenvalue weighted by Gasteiger charge is 2.19. The van der Waals surface area contributed by atoms with Crippen LogP contribution in [-0.4, -0.2) is 31.0 Å². The summed E-state index contributed by atoms with van der Waals surface area (Å²) in [6.07, 6.45) is 0. The lowest BCUT2D eigenvalue weighted by molar-refractivity contribution is 0.101. The lowest BCUT2D eigenvalue weighted by Gasteiger charge is -2.11. The molecule has 2 aromatic carbocycles. The standard InChI is InChI=1S/C20H20ClFN4O4S/c1-11(2)23-20(28)25-31(29,30)13-6-4-12(5-7-13)24-19(27)17-10-14-16(26(17)3)9-8-15(21)18(14)22/h4-11H,1-3H3,(H,24,27)(H2,23,25,28). The number of nitrogens with one attached hydrogen (secondary N) is 3. The highest BCUT2D eigenvalue weighted by atomic mass is 35.5. The molecule has 11 heteroatoms. The summed E-state index contributed by atoms with van der Waals surface area (Å²) in [7, 11) is -2.45. The van der Waals surface area contributed by atoms with Gasteiger partial charge in [-0.05, 0) is 56.3 Å². The van der Waals surface area contributed by atoms with Gasteiger partial charge in [0.1, 0.15) is 5.69 Å². The van der Waals surface area contributed by atoms with E-state index >= 15 is 0 Å². The summed E-state index contributed by atoms with van der Waals surface area (Å²) >= 11 is 5.80. The number of carbonyl (C=O) groups is 2. The Kier molecular flexibility index (Phi) is 6.23. The molecule has 0 atom stereocenters. The number of urea groups is 1. The molecule has 31 heavy (non-hydrogen) atoms. The van der Waals surface area contributed by atoms with E-state index in [1.54, 1.807) is 27.0 Å². The Morgan fingerprint density at radius 2 is 1.74 bits per heavy atom.